The first-order valence-corrected chi connectivity index (χ1v) is 43.0. The number of fused-ring (bicyclic) bond motifs is 3. The van der Waals surface area contributed by atoms with Gasteiger partial charge in [0.2, 0.25) is 29.3 Å². The molecule has 10 atom stereocenters. The Morgan fingerprint density at radius 2 is 1.12 bits per heavy atom. The first kappa shape index (κ1) is 106. The van der Waals surface area contributed by atoms with Crippen molar-refractivity contribution in [3.8, 4) is 17.1 Å². The van der Waals surface area contributed by atoms with Gasteiger partial charge >= 0.3 is 29.8 Å². The molecule has 4 amide bonds. The van der Waals surface area contributed by atoms with Crippen molar-refractivity contribution in [1.29, 1.82) is 0 Å². The minimum atomic E-state index is -0.945. The van der Waals surface area contributed by atoms with Crippen molar-refractivity contribution in [1.82, 2.24) is 30.5 Å². The van der Waals surface area contributed by atoms with Gasteiger partial charge in [-0.2, -0.15) is 0 Å². The summed E-state index contributed by atoms with van der Waals surface area (Å²) in [5.41, 5.74) is 2.30. The van der Waals surface area contributed by atoms with E-state index in [9.17, 15) is 58.2 Å². The molecule has 3 aliphatic rings. The molecule has 1 aliphatic carbocycles. The predicted molar refractivity (Wildman–Crippen MR) is 445 cm³/mol. The SMILES string of the molecule is CCC(=O)C1CCC(CN2C(=O)CC(SCCNC(=O)CCCC(=O)OCC(OC)OC(CC)CO)C2=O)CC1.CCC(CO)OC(CO)OC.CCC(CO)OC(COC(=O)CCCC(=O)NC[C@H](C(=O)Oc1cccc(-c2nc(N3CCOCC3)c3oc4ncccc4c3n2)c1)C(C)C)OC.CCC(CO)OC(COC(=O)CCCC(=O)O)OC. The minimum absolute atomic E-state index is 0.0192. The molecule has 688 valence electrons. The van der Waals surface area contributed by atoms with Gasteiger partial charge in [-0.15, -0.1) is 11.8 Å². The second-order valence-corrected chi connectivity index (χ2v) is 30.6. The molecule has 8 N–H and O–H groups in total. The van der Waals surface area contributed by atoms with Crippen LogP contribution in [0.15, 0.2) is 47.0 Å². The number of esters is 4. The van der Waals surface area contributed by atoms with E-state index < -0.39 is 78.4 Å². The molecule has 5 heterocycles. The molecular formula is C84H131N7O30S. The minimum Gasteiger partial charge on any atom is -0.481 e. The number of Topliss-reactive ketones (excluding diaryl/α,β-unsaturated/α-hetero) is 1. The number of ketones is 1. The molecule has 38 heteroatoms. The van der Waals surface area contributed by atoms with Crippen molar-refractivity contribution in [2.75, 3.05) is 138 Å². The van der Waals surface area contributed by atoms with Crippen LogP contribution in [0.4, 0.5) is 5.82 Å². The fourth-order valence-electron chi connectivity index (χ4n) is 12.5. The number of carbonyl (C=O) groups is 10. The molecule has 1 saturated carbocycles. The normalized spacial score (nSPS) is 17.5. The molecule has 2 aliphatic heterocycles. The van der Waals surface area contributed by atoms with Crippen LogP contribution in [0.3, 0.4) is 0 Å². The third-order valence-electron chi connectivity index (χ3n) is 20.1. The zero-order chi connectivity index (χ0) is 89.9. The van der Waals surface area contributed by atoms with E-state index in [0.29, 0.717) is 129 Å². The molecule has 1 aromatic carbocycles. The summed E-state index contributed by atoms with van der Waals surface area (Å²) in [5, 5.41) is 59.1. The van der Waals surface area contributed by atoms with Crippen LogP contribution in [-0.2, 0) is 105 Å². The highest BCUT2D eigenvalue weighted by molar-refractivity contribution is 8.00. The second-order valence-electron chi connectivity index (χ2n) is 29.2. The number of amides is 4. The number of furan rings is 1. The third kappa shape index (κ3) is 39.0. The van der Waals surface area contributed by atoms with E-state index in [2.05, 4.69) is 20.5 Å². The first-order valence-electron chi connectivity index (χ1n) is 41.9. The van der Waals surface area contributed by atoms with Gasteiger partial charge in [-0.25, -0.2) is 15.0 Å². The number of pyridine rings is 1. The molecule has 9 unspecified atom stereocenters. The number of ether oxygens (including phenoxy) is 13. The molecule has 3 aromatic heterocycles. The van der Waals surface area contributed by atoms with Crippen LogP contribution in [0.25, 0.3) is 33.6 Å². The number of aliphatic hydroxyl groups excluding tert-OH is 5. The number of benzene rings is 1. The zero-order valence-corrected chi connectivity index (χ0v) is 73.2. The van der Waals surface area contributed by atoms with Crippen molar-refractivity contribution < 1.29 is 145 Å². The van der Waals surface area contributed by atoms with Crippen molar-refractivity contribution in [3.63, 3.8) is 0 Å². The highest BCUT2D eigenvalue weighted by atomic mass is 32.2. The van der Waals surface area contributed by atoms with Gasteiger partial charge in [-0.1, -0.05) is 60.6 Å². The van der Waals surface area contributed by atoms with Crippen LogP contribution < -0.4 is 20.3 Å². The van der Waals surface area contributed by atoms with Gasteiger partial charge in [0.05, 0.1) is 87.2 Å². The van der Waals surface area contributed by atoms with Gasteiger partial charge < -0.3 is 112 Å². The molecule has 0 spiro atoms. The summed E-state index contributed by atoms with van der Waals surface area (Å²) < 4.78 is 74.2. The van der Waals surface area contributed by atoms with E-state index in [0.717, 1.165) is 31.1 Å². The maximum atomic E-state index is 13.4. The number of likely N-dealkylation sites (tertiary alicyclic amines) is 1. The standard InChI is InChI=1S/C37H47N5O10.C28H46N2O9S.C12H22O7.C7H16O4/c1-5-25(21-43)50-31(47-4)22-49-30(45)13-7-12-29(44)39-20-28(23(2)3)37(46)51-26-10-6-9-24(19-26)34-40-32-27-11-8-14-38-36(27)52-33(32)35(41-34)42-15-17-48-18-16-42;1-4-21(17-31)39-27(37-3)18-38-26(35)8-6-7-24(33)29-13-14-40-23-15-25(34)30(28(23)36)16-19-9-11-20(12-10-19)22(32)5-2;1-3-9(7-13)19-12(17-2)8-18-11(16)6-4-5-10(14)15;1-3-6(4-8)11-7(5-9)10-2/h6,8-11,14,19,23,25,28,31,43H,5,7,12-13,15-18,20-22H2,1-4H3,(H,39,44);19-21,23,27,31H,4-18H2,1-3H3,(H,29,33);9,12-13H,3-8H2,1-2H3,(H,14,15);6-9H,3-5H2,1-2H3/t25?,28-,31?;;;/m0.../s1. The fraction of sp³-hybridized carbons (Fsp3) is 0.702. The average molecular weight is 1750 g/mol. The van der Waals surface area contributed by atoms with Crippen LogP contribution in [0.5, 0.6) is 5.75 Å². The van der Waals surface area contributed by atoms with E-state index in [1.165, 1.54) is 45.1 Å². The van der Waals surface area contributed by atoms with Gasteiger partial charge in [0.15, 0.2) is 42.4 Å². The topological polar surface area (TPSA) is 494 Å². The summed E-state index contributed by atoms with van der Waals surface area (Å²) in [5.74, 6) is -1.89. The number of rotatable bonds is 54. The summed E-state index contributed by atoms with van der Waals surface area (Å²) in [6.07, 6.45) is 5.05. The lowest BCUT2D eigenvalue weighted by atomic mass is 9.79. The number of thioether (sulfide) groups is 1. The number of imide groups is 1. The summed E-state index contributed by atoms with van der Waals surface area (Å²) in [7, 11) is 5.70. The summed E-state index contributed by atoms with van der Waals surface area (Å²) >= 11 is 1.37. The summed E-state index contributed by atoms with van der Waals surface area (Å²) in [4.78, 5) is 139. The van der Waals surface area contributed by atoms with E-state index in [-0.39, 0.29) is 171 Å². The van der Waals surface area contributed by atoms with Crippen molar-refractivity contribution in [2.24, 2.45) is 23.7 Å². The number of methoxy groups -OCH3 is 4. The Bertz CT molecular complexity index is 3720. The van der Waals surface area contributed by atoms with Crippen LogP contribution in [0.1, 0.15) is 170 Å². The van der Waals surface area contributed by atoms with Crippen LogP contribution in [-0.4, -0.2) is 298 Å². The maximum absolute atomic E-state index is 13.4. The quantitative estimate of drug-likeness (QED) is 0.00580. The Hall–Kier alpha value is -8.06. The third-order valence-corrected chi connectivity index (χ3v) is 21.3. The van der Waals surface area contributed by atoms with E-state index >= 15 is 0 Å². The number of aromatic nitrogens is 3. The number of nitrogens with one attached hydrogen (secondary N) is 2. The lowest BCUT2D eigenvalue weighted by Crippen LogP contribution is -2.37. The smallest absolute Gasteiger partial charge is 0.316 e. The molecule has 122 heavy (non-hydrogen) atoms. The number of carboxylic acids is 1. The van der Waals surface area contributed by atoms with Crippen LogP contribution in [0, 0.1) is 23.7 Å². The lowest BCUT2D eigenvalue weighted by molar-refractivity contribution is -0.194. The number of anilines is 1. The second kappa shape index (κ2) is 60.5. The summed E-state index contributed by atoms with van der Waals surface area (Å²) in [6.45, 7) is 15.4. The van der Waals surface area contributed by atoms with Crippen molar-refractivity contribution in [3.05, 3.63) is 42.6 Å². The number of carboxylic acid groups (broad SMARTS) is 1. The lowest BCUT2D eigenvalue weighted by Gasteiger charge is -2.30. The number of hydrogen-bond acceptors (Lipinski definition) is 34. The number of aliphatic hydroxyl groups is 5. The number of morpholine rings is 1. The number of carbonyl (C=O) groups excluding carboxylic acids is 9. The zero-order valence-electron chi connectivity index (χ0n) is 72.4. The monoisotopic (exact) mass is 1750 g/mol. The number of hydrogen-bond donors (Lipinski definition) is 8. The van der Waals surface area contributed by atoms with Crippen LogP contribution in [0.2, 0.25) is 0 Å². The van der Waals surface area contributed by atoms with Gasteiger partial charge in [-0.05, 0) is 107 Å². The molecule has 0 bridgehead atoms. The Morgan fingerprint density at radius 3 is 1.60 bits per heavy atom. The molecule has 2 saturated heterocycles. The van der Waals surface area contributed by atoms with E-state index in [4.69, 9.17) is 96.4 Å². The molecular weight excluding hydrogens is 1620 g/mol. The van der Waals surface area contributed by atoms with Gasteiger partial charge in [0.1, 0.15) is 36.9 Å². The highest BCUT2D eigenvalue weighted by Crippen LogP contribution is 2.37. The van der Waals surface area contributed by atoms with Crippen molar-refractivity contribution >= 4 is 99.0 Å². The van der Waals surface area contributed by atoms with Crippen LogP contribution >= 0.6 is 11.8 Å². The number of nitrogens with zero attached hydrogens (tertiary/aromatic N) is 5. The Balaban J connectivity index is 0.000000391. The Kier molecular flexibility index (Phi) is 52.7. The Labute approximate surface area is 717 Å². The first-order chi connectivity index (χ1) is 58.7. The molecule has 37 nitrogen and oxygen atoms in total. The predicted octanol–water partition coefficient (Wildman–Crippen LogP) is 6.55. The van der Waals surface area contributed by atoms with Crippen molar-refractivity contribution in [2.45, 2.75) is 225 Å². The average Bonchev–Trinajstić information content (AvgIpc) is 1.60. The van der Waals surface area contributed by atoms with E-state index in [1.54, 1.807) is 24.4 Å². The van der Waals surface area contributed by atoms with Gasteiger partial charge in [-0.3, -0.25) is 52.8 Å². The van der Waals surface area contributed by atoms with Gasteiger partial charge in [0, 0.05) is 136 Å². The largest absolute Gasteiger partial charge is 0.481 e. The maximum Gasteiger partial charge on any atom is 0.316 e. The summed E-state index contributed by atoms with van der Waals surface area (Å²) in [6, 6.07) is 10.8. The fourth-order valence-corrected chi connectivity index (χ4v) is 13.5. The van der Waals surface area contributed by atoms with Gasteiger partial charge in [0.25, 0.3) is 0 Å². The number of aliphatic carboxylic acids is 1. The highest BCUT2D eigenvalue weighted by Gasteiger charge is 2.41. The molecule has 3 fully saturated rings. The Morgan fingerprint density at radius 1 is 0.615 bits per heavy atom. The molecule has 4 aromatic rings. The van der Waals surface area contributed by atoms with E-state index in [1.807, 2.05) is 66.7 Å². The molecule has 0 radical (unpaired) electrons. The molecule has 7 rings (SSSR count).